The third kappa shape index (κ3) is 6.11. The molecule has 6 heteroatoms. The Bertz CT molecular complexity index is 234. The van der Waals surface area contributed by atoms with Gasteiger partial charge in [-0.25, -0.2) is 8.42 Å². The number of hydrogen-bond donors (Lipinski definition) is 2. The molecule has 0 radical (unpaired) electrons. The zero-order chi connectivity index (χ0) is 9.61. The molecule has 12 heavy (non-hydrogen) atoms. The van der Waals surface area contributed by atoms with Crippen molar-refractivity contribution < 1.29 is 18.3 Å². The summed E-state index contributed by atoms with van der Waals surface area (Å²) in [6.07, 6.45) is 0. The molecule has 72 valence electrons. The molecule has 0 aromatic heterocycles. The number of hydrogen-bond acceptors (Lipinski definition) is 4. The highest BCUT2D eigenvalue weighted by Crippen LogP contribution is 1.87. The average Bonchev–Trinajstić information content (AvgIpc) is 1.85. The molecule has 0 aromatic rings. The molecule has 0 aliphatic carbocycles. The van der Waals surface area contributed by atoms with Crippen LogP contribution < -0.4 is 5.32 Å². The van der Waals surface area contributed by atoms with Crippen LogP contribution in [-0.2, 0) is 14.6 Å². The number of carbonyl (C=O) groups excluding carboxylic acids is 1. The SMILES string of the molecule is CC(=O)NCCS(=O)(=O)CCO. The first kappa shape index (κ1) is 11.4. The fourth-order valence-corrected chi connectivity index (χ4v) is 1.52. The summed E-state index contributed by atoms with van der Waals surface area (Å²) in [4.78, 5) is 10.3. The van der Waals surface area contributed by atoms with Gasteiger partial charge in [0.2, 0.25) is 5.91 Å². The summed E-state index contributed by atoms with van der Waals surface area (Å²) in [5.74, 6) is -0.617. The van der Waals surface area contributed by atoms with Crippen LogP contribution in [0.5, 0.6) is 0 Å². The number of nitrogens with one attached hydrogen (secondary N) is 1. The molecule has 0 atom stereocenters. The van der Waals surface area contributed by atoms with E-state index in [1.54, 1.807) is 0 Å². The first-order chi connectivity index (χ1) is 5.48. The second kappa shape index (κ2) is 5.10. The van der Waals surface area contributed by atoms with Crippen LogP contribution in [0.15, 0.2) is 0 Å². The highest BCUT2D eigenvalue weighted by molar-refractivity contribution is 7.91. The molecular weight excluding hydrogens is 182 g/mol. The molecule has 0 unspecified atom stereocenters. The van der Waals surface area contributed by atoms with Gasteiger partial charge in [0.1, 0.15) is 0 Å². The standard InChI is InChI=1S/C6H13NO4S/c1-6(9)7-2-4-12(10,11)5-3-8/h8H,2-5H2,1H3,(H,7,9). The summed E-state index contributed by atoms with van der Waals surface area (Å²) in [5, 5.41) is 10.7. The fraction of sp³-hybridized carbons (Fsp3) is 0.833. The van der Waals surface area contributed by atoms with Gasteiger partial charge in [0, 0.05) is 13.5 Å². The van der Waals surface area contributed by atoms with Crippen molar-refractivity contribution in [2.24, 2.45) is 0 Å². The van der Waals surface area contributed by atoms with Gasteiger partial charge in [-0.15, -0.1) is 0 Å². The summed E-state index contributed by atoms with van der Waals surface area (Å²) in [5.41, 5.74) is 0. The Labute approximate surface area is 71.7 Å². The van der Waals surface area contributed by atoms with Crippen LogP contribution in [0.4, 0.5) is 0 Å². The molecule has 0 rings (SSSR count). The zero-order valence-corrected chi connectivity index (χ0v) is 7.73. The van der Waals surface area contributed by atoms with Crippen LogP contribution >= 0.6 is 0 Å². The smallest absolute Gasteiger partial charge is 0.216 e. The largest absolute Gasteiger partial charge is 0.395 e. The van der Waals surface area contributed by atoms with E-state index in [0.717, 1.165) is 0 Å². The van der Waals surface area contributed by atoms with Gasteiger partial charge >= 0.3 is 0 Å². The minimum Gasteiger partial charge on any atom is -0.395 e. The van der Waals surface area contributed by atoms with Gasteiger partial charge in [0.05, 0.1) is 18.1 Å². The summed E-state index contributed by atoms with van der Waals surface area (Å²) in [6, 6.07) is 0. The molecule has 0 aliphatic heterocycles. The predicted octanol–water partition coefficient (Wildman–Crippen LogP) is -1.47. The van der Waals surface area contributed by atoms with E-state index < -0.39 is 9.84 Å². The maximum absolute atomic E-state index is 10.9. The molecule has 5 nitrogen and oxygen atoms in total. The van der Waals surface area contributed by atoms with Crippen molar-refractivity contribution in [3.63, 3.8) is 0 Å². The van der Waals surface area contributed by atoms with E-state index in [-0.39, 0.29) is 30.6 Å². The highest BCUT2D eigenvalue weighted by Gasteiger charge is 2.08. The minimum atomic E-state index is -3.19. The van der Waals surface area contributed by atoms with Gasteiger partial charge in [-0.3, -0.25) is 4.79 Å². The number of rotatable bonds is 5. The number of aliphatic hydroxyl groups is 1. The first-order valence-corrected chi connectivity index (χ1v) is 5.36. The van der Waals surface area contributed by atoms with Crippen molar-refractivity contribution in [2.45, 2.75) is 6.92 Å². The van der Waals surface area contributed by atoms with Crippen LogP contribution in [0.25, 0.3) is 0 Å². The lowest BCUT2D eigenvalue weighted by Crippen LogP contribution is -2.28. The summed E-state index contributed by atoms with van der Waals surface area (Å²) in [6.45, 7) is 1.05. The van der Waals surface area contributed by atoms with E-state index in [9.17, 15) is 13.2 Å². The van der Waals surface area contributed by atoms with Gasteiger partial charge in [-0.2, -0.15) is 0 Å². The molecule has 0 saturated heterocycles. The lowest BCUT2D eigenvalue weighted by molar-refractivity contribution is -0.118. The van der Waals surface area contributed by atoms with Crippen molar-refractivity contribution in [3.8, 4) is 0 Å². The molecule has 0 aliphatic rings. The quantitative estimate of drug-likeness (QED) is 0.561. The number of sulfone groups is 1. The molecule has 0 bridgehead atoms. The van der Waals surface area contributed by atoms with E-state index >= 15 is 0 Å². The van der Waals surface area contributed by atoms with Crippen molar-refractivity contribution >= 4 is 15.7 Å². The number of aliphatic hydroxyl groups excluding tert-OH is 1. The van der Waals surface area contributed by atoms with Crippen LogP contribution in [0.3, 0.4) is 0 Å². The predicted molar refractivity (Wildman–Crippen MR) is 44.4 cm³/mol. The van der Waals surface area contributed by atoms with Crippen molar-refractivity contribution in [1.82, 2.24) is 5.32 Å². The molecule has 0 fully saturated rings. The van der Waals surface area contributed by atoms with Gasteiger partial charge in [0.15, 0.2) is 9.84 Å². The Balaban J connectivity index is 3.69. The van der Waals surface area contributed by atoms with Crippen LogP contribution in [0.1, 0.15) is 6.92 Å². The van der Waals surface area contributed by atoms with E-state index in [1.807, 2.05) is 0 Å². The topological polar surface area (TPSA) is 83.5 Å². The Hall–Kier alpha value is -0.620. The van der Waals surface area contributed by atoms with E-state index in [0.29, 0.717) is 0 Å². The highest BCUT2D eigenvalue weighted by atomic mass is 32.2. The maximum Gasteiger partial charge on any atom is 0.216 e. The van der Waals surface area contributed by atoms with Gasteiger partial charge in [-0.1, -0.05) is 0 Å². The molecule has 2 N–H and O–H groups in total. The minimum absolute atomic E-state index is 0.109. The van der Waals surface area contributed by atoms with Gasteiger partial charge < -0.3 is 10.4 Å². The van der Waals surface area contributed by atoms with E-state index in [1.165, 1.54) is 6.92 Å². The maximum atomic E-state index is 10.9. The van der Waals surface area contributed by atoms with Crippen molar-refractivity contribution in [1.29, 1.82) is 0 Å². The van der Waals surface area contributed by atoms with Crippen molar-refractivity contribution in [3.05, 3.63) is 0 Å². The lowest BCUT2D eigenvalue weighted by Gasteiger charge is -2.02. The monoisotopic (exact) mass is 195 g/mol. The number of carbonyl (C=O) groups is 1. The Morgan fingerprint density at radius 3 is 2.42 bits per heavy atom. The summed E-state index contributed by atoms with van der Waals surface area (Å²) in [7, 11) is -3.19. The second-order valence-corrected chi connectivity index (χ2v) is 4.66. The van der Waals surface area contributed by atoms with Crippen molar-refractivity contribution in [2.75, 3.05) is 24.7 Å². The Morgan fingerprint density at radius 2 is 2.00 bits per heavy atom. The Kier molecular flexibility index (Phi) is 4.84. The zero-order valence-electron chi connectivity index (χ0n) is 6.91. The van der Waals surface area contributed by atoms with E-state index in [4.69, 9.17) is 5.11 Å². The number of amides is 1. The molecule has 0 aromatic carbocycles. The van der Waals surface area contributed by atoms with E-state index in [2.05, 4.69) is 5.32 Å². The normalized spacial score (nSPS) is 11.2. The van der Waals surface area contributed by atoms with Gasteiger partial charge in [0.25, 0.3) is 0 Å². The average molecular weight is 195 g/mol. The second-order valence-electron chi connectivity index (χ2n) is 2.36. The molecule has 0 saturated carbocycles. The molecular formula is C6H13NO4S. The van der Waals surface area contributed by atoms with Crippen LogP contribution in [0, 0.1) is 0 Å². The molecule has 0 heterocycles. The summed E-state index contributed by atoms with van der Waals surface area (Å²) < 4.78 is 21.8. The molecule has 1 amide bonds. The third-order valence-corrected chi connectivity index (χ3v) is 2.82. The first-order valence-electron chi connectivity index (χ1n) is 3.53. The van der Waals surface area contributed by atoms with Crippen LogP contribution in [0.2, 0.25) is 0 Å². The van der Waals surface area contributed by atoms with Gasteiger partial charge in [-0.05, 0) is 0 Å². The molecule has 0 spiro atoms. The third-order valence-electron chi connectivity index (χ3n) is 1.19. The Morgan fingerprint density at radius 1 is 1.42 bits per heavy atom. The van der Waals surface area contributed by atoms with Crippen LogP contribution in [-0.4, -0.2) is 44.1 Å². The lowest BCUT2D eigenvalue weighted by atomic mass is 10.6. The summed E-state index contributed by atoms with van der Waals surface area (Å²) >= 11 is 0. The fourth-order valence-electron chi connectivity index (χ4n) is 0.624.